The molecule has 4 heteroatoms. The number of hydrogen-bond donors (Lipinski definition) is 1. The number of anilines is 1. The Bertz CT molecular complexity index is 697. The van der Waals surface area contributed by atoms with E-state index in [1.807, 2.05) is 43.3 Å². The average Bonchev–Trinajstić information content (AvgIpc) is 2.80. The molecule has 0 radical (unpaired) electrons. The molecule has 0 fully saturated rings. The molecule has 0 saturated heterocycles. The summed E-state index contributed by atoms with van der Waals surface area (Å²) in [5.41, 5.74) is 4.72. The molecule has 2 nitrogen and oxygen atoms in total. The molecule has 1 heterocycles. The number of benzene rings is 2. The smallest absolute Gasteiger partial charge is 0.228 e. The standard InChI is InChI=1S/C16H13Cl2NO/c1-9-3-2-4-12(15(9)17)16(18)10-5-6-13-11(7-10)8-14(20)19-13/h2-7,16H,8H2,1H3,(H,19,20). The van der Waals surface area contributed by atoms with Gasteiger partial charge in [-0.2, -0.15) is 0 Å². The Kier molecular flexibility index (Phi) is 3.45. The van der Waals surface area contributed by atoms with Gasteiger partial charge in [-0.3, -0.25) is 4.79 Å². The van der Waals surface area contributed by atoms with Crippen molar-refractivity contribution in [2.45, 2.75) is 18.7 Å². The van der Waals surface area contributed by atoms with E-state index in [9.17, 15) is 4.79 Å². The fourth-order valence-electron chi connectivity index (χ4n) is 2.45. The maximum absolute atomic E-state index is 11.4. The molecule has 0 aliphatic carbocycles. The molecular formula is C16H13Cl2NO. The second kappa shape index (κ2) is 5.12. The first-order valence-electron chi connectivity index (χ1n) is 6.38. The van der Waals surface area contributed by atoms with Gasteiger partial charge in [0, 0.05) is 10.7 Å². The number of carbonyl (C=O) groups is 1. The Hall–Kier alpha value is -1.51. The highest BCUT2D eigenvalue weighted by molar-refractivity contribution is 6.33. The van der Waals surface area contributed by atoms with E-state index in [0.29, 0.717) is 11.4 Å². The van der Waals surface area contributed by atoms with Crippen LogP contribution in [0.4, 0.5) is 5.69 Å². The third kappa shape index (κ3) is 2.30. The van der Waals surface area contributed by atoms with Crippen molar-refractivity contribution in [1.82, 2.24) is 0 Å². The molecule has 1 N–H and O–H groups in total. The number of halogens is 2. The van der Waals surface area contributed by atoms with E-state index in [1.54, 1.807) is 0 Å². The summed E-state index contributed by atoms with van der Waals surface area (Å²) in [5.74, 6) is 0.0249. The van der Waals surface area contributed by atoms with Crippen molar-refractivity contribution >= 4 is 34.8 Å². The van der Waals surface area contributed by atoms with E-state index >= 15 is 0 Å². The zero-order valence-corrected chi connectivity index (χ0v) is 12.4. The predicted octanol–water partition coefficient (Wildman–Crippen LogP) is 4.47. The van der Waals surface area contributed by atoms with E-state index in [-0.39, 0.29) is 11.3 Å². The van der Waals surface area contributed by atoms with Crippen LogP contribution in [0, 0.1) is 6.92 Å². The monoisotopic (exact) mass is 305 g/mol. The van der Waals surface area contributed by atoms with Gasteiger partial charge in [-0.25, -0.2) is 0 Å². The predicted molar refractivity (Wildman–Crippen MR) is 82.7 cm³/mol. The van der Waals surface area contributed by atoms with Gasteiger partial charge in [0.25, 0.3) is 0 Å². The summed E-state index contributed by atoms with van der Waals surface area (Å²) >= 11 is 12.9. The summed E-state index contributed by atoms with van der Waals surface area (Å²) in [4.78, 5) is 11.4. The largest absolute Gasteiger partial charge is 0.326 e. The van der Waals surface area contributed by atoms with Crippen LogP contribution in [-0.2, 0) is 11.2 Å². The lowest BCUT2D eigenvalue weighted by molar-refractivity contribution is -0.115. The first kappa shape index (κ1) is 13.5. The fourth-order valence-corrected chi connectivity index (χ4v) is 3.06. The molecule has 1 unspecified atom stereocenters. The Morgan fingerprint density at radius 3 is 2.85 bits per heavy atom. The Balaban J connectivity index is 1.99. The maximum atomic E-state index is 11.4. The van der Waals surface area contributed by atoms with Gasteiger partial charge in [0.2, 0.25) is 5.91 Å². The first-order chi connectivity index (χ1) is 9.56. The number of aryl methyl sites for hydroxylation is 1. The van der Waals surface area contributed by atoms with Gasteiger partial charge in [-0.1, -0.05) is 41.9 Å². The minimum Gasteiger partial charge on any atom is -0.326 e. The molecule has 102 valence electrons. The van der Waals surface area contributed by atoms with E-state index in [1.165, 1.54) is 0 Å². The highest BCUT2D eigenvalue weighted by atomic mass is 35.5. The molecular weight excluding hydrogens is 293 g/mol. The van der Waals surface area contributed by atoms with Gasteiger partial charge in [0.1, 0.15) is 0 Å². The summed E-state index contributed by atoms with van der Waals surface area (Å²) in [5, 5.41) is 3.20. The third-order valence-electron chi connectivity index (χ3n) is 3.54. The zero-order chi connectivity index (χ0) is 14.3. The van der Waals surface area contributed by atoms with E-state index < -0.39 is 0 Å². The van der Waals surface area contributed by atoms with Crippen LogP contribution in [0.2, 0.25) is 5.02 Å². The van der Waals surface area contributed by atoms with Gasteiger partial charge in [0.05, 0.1) is 11.8 Å². The third-order valence-corrected chi connectivity index (χ3v) is 4.55. The van der Waals surface area contributed by atoms with Crippen molar-refractivity contribution in [3.8, 4) is 0 Å². The molecule has 0 saturated carbocycles. The fraction of sp³-hybridized carbons (Fsp3) is 0.188. The molecule has 1 atom stereocenters. The molecule has 2 aromatic rings. The number of alkyl halides is 1. The van der Waals surface area contributed by atoms with Crippen LogP contribution in [0.3, 0.4) is 0 Å². The lowest BCUT2D eigenvalue weighted by Gasteiger charge is -2.14. The SMILES string of the molecule is Cc1cccc(C(Cl)c2ccc3c(c2)CC(=O)N3)c1Cl. The Morgan fingerprint density at radius 2 is 2.05 bits per heavy atom. The number of amides is 1. The average molecular weight is 306 g/mol. The van der Waals surface area contributed by atoms with Crippen molar-refractivity contribution in [2.24, 2.45) is 0 Å². The van der Waals surface area contributed by atoms with Crippen molar-refractivity contribution in [3.63, 3.8) is 0 Å². The number of nitrogens with one attached hydrogen (secondary N) is 1. The van der Waals surface area contributed by atoms with Gasteiger partial charge in [0.15, 0.2) is 0 Å². The summed E-state index contributed by atoms with van der Waals surface area (Å²) in [6.45, 7) is 1.96. The summed E-state index contributed by atoms with van der Waals surface area (Å²) in [6, 6.07) is 11.6. The highest BCUT2D eigenvalue weighted by Gasteiger charge is 2.21. The van der Waals surface area contributed by atoms with E-state index in [0.717, 1.165) is 27.9 Å². The quantitative estimate of drug-likeness (QED) is 0.815. The lowest BCUT2D eigenvalue weighted by Crippen LogP contribution is -2.03. The highest BCUT2D eigenvalue weighted by Crippen LogP contribution is 2.37. The van der Waals surface area contributed by atoms with Gasteiger partial charge in [-0.05, 0) is 35.2 Å². The number of rotatable bonds is 2. The molecule has 20 heavy (non-hydrogen) atoms. The maximum Gasteiger partial charge on any atom is 0.228 e. The van der Waals surface area contributed by atoms with Crippen molar-refractivity contribution in [2.75, 3.05) is 5.32 Å². The van der Waals surface area contributed by atoms with Crippen molar-refractivity contribution in [1.29, 1.82) is 0 Å². The molecule has 0 bridgehead atoms. The second-order valence-electron chi connectivity index (χ2n) is 4.98. The molecule has 1 aliphatic rings. The van der Waals surface area contributed by atoms with Crippen molar-refractivity contribution < 1.29 is 4.79 Å². The molecule has 1 amide bonds. The molecule has 1 aliphatic heterocycles. The summed E-state index contributed by atoms with van der Waals surface area (Å²) in [6.07, 6.45) is 0.411. The zero-order valence-electron chi connectivity index (χ0n) is 10.9. The van der Waals surface area contributed by atoms with Gasteiger partial charge in [-0.15, -0.1) is 11.6 Å². The van der Waals surface area contributed by atoms with Crippen LogP contribution in [0.1, 0.15) is 27.6 Å². The van der Waals surface area contributed by atoms with Gasteiger partial charge < -0.3 is 5.32 Å². The molecule has 2 aromatic carbocycles. The second-order valence-corrected chi connectivity index (χ2v) is 5.80. The number of fused-ring (bicyclic) bond motifs is 1. The molecule has 3 rings (SSSR count). The summed E-state index contributed by atoms with van der Waals surface area (Å²) in [7, 11) is 0. The van der Waals surface area contributed by atoms with Crippen LogP contribution in [0.25, 0.3) is 0 Å². The van der Waals surface area contributed by atoms with E-state index in [2.05, 4.69) is 5.32 Å². The minimum atomic E-state index is -0.316. The van der Waals surface area contributed by atoms with Gasteiger partial charge >= 0.3 is 0 Å². The van der Waals surface area contributed by atoms with E-state index in [4.69, 9.17) is 23.2 Å². The minimum absolute atomic E-state index is 0.0249. The van der Waals surface area contributed by atoms with Crippen LogP contribution < -0.4 is 5.32 Å². The molecule has 0 aromatic heterocycles. The van der Waals surface area contributed by atoms with Crippen LogP contribution in [-0.4, -0.2) is 5.91 Å². The van der Waals surface area contributed by atoms with Crippen LogP contribution in [0.15, 0.2) is 36.4 Å². The van der Waals surface area contributed by atoms with Crippen LogP contribution >= 0.6 is 23.2 Å². The topological polar surface area (TPSA) is 29.1 Å². The normalized spacial score (nSPS) is 14.8. The number of hydrogen-bond acceptors (Lipinski definition) is 1. The first-order valence-corrected chi connectivity index (χ1v) is 7.19. The summed E-state index contributed by atoms with van der Waals surface area (Å²) < 4.78 is 0. The Morgan fingerprint density at radius 1 is 1.25 bits per heavy atom. The molecule has 0 spiro atoms. The Labute approximate surface area is 127 Å². The number of carbonyl (C=O) groups excluding carboxylic acids is 1. The lowest BCUT2D eigenvalue weighted by atomic mass is 10.00. The van der Waals surface area contributed by atoms with Crippen LogP contribution in [0.5, 0.6) is 0 Å². The van der Waals surface area contributed by atoms with Crippen molar-refractivity contribution in [3.05, 3.63) is 63.7 Å².